The maximum atomic E-state index is 11.7. The number of rotatable bonds is 2. The first-order valence-corrected chi connectivity index (χ1v) is 6.46. The summed E-state index contributed by atoms with van der Waals surface area (Å²) in [5, 5.41) is 3.09. The summed E-state index contributed by atoms with van der Waals surface area (Å²) in [6, 6.07) is 8.75. The number of carbonyl (C=O) groups excluding carboxylic acids is 1. The molecule has 3 aliphatic heterocycles. The summed E-state index contributed by atoms with van der Waals surface area (Å²) in [6.45, 7) is 0.919. The van der Waals surface area contributed by atoms with Gasteiger partial charge in [0.15, 0.2) is 0 Å². The third kappa shape index (κ3) is 2.03. The number of fused-ring (bicyclic) bond motifs is 4. The summed E-state index contributed by atoms with van der Waals surface area (Å²) in [4.78, 5) is 14.0. The fraction of sp³-hybridized carbons (Fsp3) is 0.500. The molecular formula is C14H18N2O2. The Kier molecular flexibility index (Phi) is 2.86. The molecule has 1 amide bonds. The van der Waals surface area contributed by atoms with E-state index in [2.05, 4.69) is 22.3 Å². The van der Waals surface area contributed by atoms with E-state index in [0.29, 0.717) is 18.5 Å². The van der Waals surface area contributed by atoms with E-state index in [9.17, 15) is 4.79 Å². The number of carbonyl (C=O) groups is 1. The van der Waals surface area contributed by atoms with Crippen LogP contribution in [0, 0.1) is 0 Å². The molecule has 2 bridgehead atoms. The van der Waals surface area contributed by atoms with Gasteiger partial charge >= 0.3 is 0 Å². The summed E-state index contributed by atoms with van der Waals surface area (Å²) >= 11 is 0. The Labute approximate surface area is 107 Å². The number of ether oxygens (including phenoxy) is 1. The summed E-state index contributed by atoms with van der Waals surface area (Å²) in [5.41, 5.74) is 1.18. The molecule has 0 aromatic heterocycles. The Balaban J connectivity index is 1.85. The number of methoxy groups -OCH3 is 1. The topological polar surface area (TPSA) is 41.6 Å². The van der Waals surface area contributed by atoms with Crippen LogP contribution in [-0.4, -0.2) is 31.6 Å². The van der Waals surface area contributed by atoms with Crippen LogP contribution < -0.4 is 15.0 Å². The maximum Gasteiger partial charge on any atom is 0.222 e. The minimum atomic E-state index is 0.193. The van der Waals surface area contributed by atoms with E-state index in [1.54, 1.807) is 7.11 Å². The van der Waals surface area contributed by atoms with Crippen molar-refractivity contribution in [3.63, 3.8) is 0 Å². The number of piperidine rings is 1. The molecule has 0 aliphatic carbocycles. The molecule has 1 N–H and O–H groups in total. The Hall–Kier alpha value is -1.71. The van der Waals surface area contributed by atoms with Crippen LogP contribution in [0.4, 0.5) is 5.69 Å². The van der Waals surface area contributed by atoms with Gasteiger partial charge in [0.05, 0.1) is 7.11 Å². The molecule has 0 saturated carbocycles. The quantitative estimate of drug-likeness (QED) is 0.861. The van der Waals surface area contributed by atoms with Crippen molar-refractivity contribution < 1.29 is 9.53 Å². The van der Waals surface area contributed by atoms with Crippen molar-refractivity contribution in [3.05, 3.63) is 24.3 Å². The zero-order valence-corrected chi connectivity index (χ0v) is 10.6. The van der Waals surface area contributed by atoms with E-state index >= 15 is 0 Å². The molecule has 18 heavy (non-hydrogen) atoms. The van der Waals surface area contributed by atoms with Crippen molar-refractivity contribution in [2.75, 3.05) is 18.6 Å². The highest BCUT2D eigenvalue weighted by atomic mass is 16.5. The van der Waals surface area contributed by atoms with Gasteiger partial charge < -0.3 is 15.0 Å². The van der Waals surface area contributed by atoms with Crippen LogP contribution in [-0.2, 0) is 4.79 Å². The number of hydrogen-bond acceptors (Lipinski definition) is 3. The monoisotopic (exact) mass is 246 g/mol. The van der Waals surface area contributed by atoms with Gasteiger partial charge in [-0.2, -0.15) is 0 Å². The van der Waals surface area contributed by atoms with Gasteiger partial charge in [0, 0.05) is 30.7 Å². The molecule has 0 radical (unpaired) electrons. The van der Waals surface area contributed by atoms with Gasteiger partial charge in [-0.25, -0.2) is 0 Å². The van der Waals surface area contributed by atoms with Crippen LogP contribution in [0.1, 0.15) is 19.3 Å². The fourth-order valence-corrected chi connectivity index (χ4v) is 2.95. The molecule has 0 unspecified atom stereocenters. The second-order valence-electron chi connectivity index (χ2n) is 5.05. The van der Waals surface area contributed by atoms with Crippen LogP contribution in [0.15, 0.2) is 24.3 Å². The highest BCUT2D eigenvalue weighted by Gasteiger charge is 2.34. The minimum absolute atomic E-state index is 0.193. The predicted molar refractivity (Wildman–Crippen MR) is 69.9 cm³/mol. The summed E-state index contributed by atoms with van der Waals surface area (Å²) in [7, 11) is 1.67. The predicted octanol–water partition coefficient (Wildman–Crippen LogP) is 1.55. The summed E-state index contributed by atoms with van der Waals surface area (Å²) in [6.07, 6.45) is 2.81. The lowest BCUT2D eigenvalue weighted by Crippen LogP contribution is -2.46. The Bertz CT molecular complexity index is 444. The average Bonchev–Trinajstić information content (AvgIpc) is 2.67. The van der Waals surface area contributed by atoms with Crippen LogP contribution in [0.5, 0.6) is 5.75 Å². The van der Waals surface area contributed by atoms with E-state index in [-0.39, 0.29) is 5.91 Å². The molecule has 3 heterocycles. The van der Waals surface area contributed by atoms with Crippen LogP contribution in [0.2, 0.25) is 0 Å². The SMILES string of the molecule is COc1ccc(N2C[C@H]3CC[C@@H]2CC(=O)N3)cc1. The largest absolute Gasteiger partial charge is 0.497 e. The molecule has 1 aromatic carbocycles. The van der Waals surface area contributed by atoms with E-state index < -0.39 is 0 Å². The van der Waals surface area contributed by atoms with Crippen molar-refractivity contribution >= 4 is 11.6 Å². The molecule has 3 aliphatic rings. The van der Waals surface area contributed by atoms with Crippen molar-refractivity contribution in [2.24, 2.45) is 0 Å². The maximum absolute atomic E-state index is 11.7. The number of amides is 1. The van der Waals surface area contributed by atoms with Crippen LogP contribution >= 0.6 is 0 Å². The van der Waals surface area contributed by atoms with Crippen LogP contribution in [0.3, 0.4) is 0 Å². The molecule has 3 fully saturated rings. The van der Waals surface area contributed by atoms with Crippen molar-refractivity contribution in [2.45, 2.75) is 31.3 Å². The number of hydrogen-bond donors (Lipinski definition) is 1. The molecule has 1 aromatic rings. The second kappa shape index (κ2) is 4.52. The first kappa shape index (κ1) is 11.4. The zero-order valence-electron chi connectivity index (χ0n) is 10.6. The van der Waals surface area contributed by atoms with E-state index in [4.69, 9.17) is 4.74 Å². The van der Waals surface area contributed by atoms with Gasteiger partial charge in [0.1, 0.15) is 5.75 Å². The lowest BCUT2D eigenvalue weighted by atomic mass is 9.98. The Morgan fingerprint density at radius 1 is 1.28 bits per heavy atom. The molecule has 0 spiro atoms. The summed E-state index contributed by atoms with van der Waals surface area (Å²) in [5.74, 6) is 1.06. The van der Waals surface area contributed by atoms with Gasteiger partial charge in [0.2, 0.25) is 5.91 Å². The number of nitrogens with one attached hydrogen (secondary N) is 1. The highest BCUT2D eigenvalue weighted by Crippen LogP contribution is 2.30. The van der Waals surface area contributed by atoms with E-state index in [0.717, 1.165) is 25.1 Å². The minimum Gasteiger partial charge on any atom is -0.497 e. The van der Waals surface area contributed by atoms with Gasteiger partial charge in [-0.05, 0) is 37.1 Å². The Morgan fingerprint density at radius 3 is 2.78 bits per heavy atom. The number of benzene rings is 1. The lowest BCUT2D eigenvalue weighted by molar-refractivity contribution is -0.121. The van der Waals surface area contributed by atoms with Gasteiger partial charge in [-0.3, -0.25) is 4.79 Å². The first-order valence-electron chi connectivity index (χ1n) is 6.46. The highest BCUT2D eigenvalue weighted by molar-refractivity contribution is 5.78. The average molecular weight is 246 g/mol. The van der Waals surface area contributed by atoms with Gasteiger partial charge in [-0.15, -0.1) is 0 Å². The lowest BCUT2D eigenvalue weighted by Gasteiger charge is -2.37. The fourth-order valence-electron chi connectivity index (χ4n) is 2.95. The van der Waals surface area contributed by atoms with Crippen LogP contribution in [0.25, 0.3) is 0 Å². The molecule has 4 rings (SSSR count). The van der Waals surface area contributed by atoms with Gasteiger partial charge in [-0.1, -0.05) is 0 Å². The third-order valence-corrected chi connectivity index (χ3v) is 3.90. The third-order valence-electron chi connectivity index (χ3n) is 3.90. The molecular weight excluding hydrogens is 228 g/mol. The summed E-state index contributed by atoms with van der Waals surface area (Å²) < 4.78 is 5.18. The first-order chi connectivity index (χ1) is 8.76. The van der Waals surface area contributed by atoms with E-state index in [1.807, 2.05) is 12.1 Å². The molecule has 96 valence electrons. The molecule has 2 atom stereocenters. The van der Waals surface area contributed by atoms with Crippen molar-refractivity contribution in [1.82, 2.24) is 5.32 Å². The number of anilines is 1. The molecule has 4 nitrogen and oxygen atoms in total. The zero-order chi connectivity index (χ0) is 12.5. The molecule has 3 saturated heterocycles. The second-order valence-corrected chi connectivity index (χ2v) is 5.05. The molecule has 4 heteroatoms. The standard InChI is InChI=1S/C14H18N2O2/c1-18-13-6-4-11(5-7-13)16-9-10-2-3-12(16)8-14(17)15-10/h4-7,10,12H,2-3,8-9H2,1H3,(H,15,17)/t10-,12-/m1/s1. The van der Waals surface area contributed by atoms with Gasteiger partial charge in [0.25, 0.3) is 0 Å². The smallest absolute Gasteiger partial charge is 0.222 e. The Morgan fingerprint density at radius 2 is 2.06 bits per heavy atom. The number of nitrogens with zero attached hydrogens (tertiary/aromatic N) is 1. The normalized spacial score (nSPS) is 26.7. The van der Waals surface area contributed by atoms with E-state index in [1.165, 1.54) is 5.69 Å². The van der Waals surface area contributed by atoms with Crippen molar-refractivity contribution in [1.29, 1.82) is 0 Å². The van der Waals surface area contributed by atoms with Crippen molar-refractivity contribution in [3.8, 4) is 5.75 Å².